The minimum Gasteiger partial charge on any atom is -0.382 e. The first-order valence-electron chi connectivity index (χ1n) is 5.65. The van der Waals surface area contributed by atoms with Crippen molar-refractivity contribution in [2.24, 2.45) is 0 Å². The van der Waals surface area contributed by atoms with Crippen molar-refractivity contribution in [2.75, 3.05) is 33.5 Å². The summed E-state index contributed by atoms with van der Waals surface area (Å²) in [4.78, 5) is 0. The SMILES string of the molecule is CCNC(C=C(C)C)CCOCCOC. The highest BCUT2D eigenvalue weighted by atomic mass is 16.5. The predicted molar refractivity (Wildman–Crippen MR) is 64.2 cm³/mol. The Morgan fingerprint density at radius 3 is 2.53 bits per heavy atom. The maximum absolute atomic E-state index is 5.44. The van der Waals surface area contributed by atoms with E-state index in [1.54, 1.807) is 7.11 Å². The highest BCUT2D eigenvalue weighted by molar-refractivity contribution is 5.00. The number of rotatable bonds is 9. The van der Waals surface area contributed by atoms with E-state index in [1.165, 1.54) is 5.57 Å². The third-order valence-electron chi connectivity index (χ3n) is 2.01. The topological polar surface area (TPSA) is 30.5 Å². The summed E-state index contributed by atoms with van der Waals surface area (Å²) in [6.45, 7) is 9.50. The number of likely N-dealkylation sites (N-methyl/N-ethyl adjacent to an activating group) is 1. The molecule has 0 aromatic heterocycles. The van der Waals surface area contributed by atoms with Crippen molar-refractivity contribution in [3.05, 3.63) is 11.6 Å². The summed E-state index contributed by atoms with van der Waals surface area (Å²) in [7, 11) is 1.69. The van der Waals surface area contributed by atoms with Crippen LogP contribution >= 0.6 is 0 Å². The molecule has 1 atom stereocenters. The molecule has 0 radical (unpaired) electrons. The zero-order valence-electron chi connectivity index (χ0n) is 10.5. The van der Waals surface area contributed by atoms with E-state index in [4.69, 9.17) is 9.47 Å². The molecule has 1 unspecified atom stereocenters. The molecule has 0 rings (SSSR count). The van der Waals surface area contributed by atoms with E-state index in [9.17, 15) is 0 Å². The molecule has 0 aromatic rings. The van der Waals surface area contributed by atoms with Gasteiger partial charge in [-0.1, -0.05) is 18.6 Å². The van der Waals surface area contributed by atoms with Crippen molar-refractivity contribution in [3.63, 3.8) is 0 Å². The van der Waals surface area contributed by atoms with Gasteiger partial charge in [0.05, 0.1) is 13.2 Å². The summed E-state index contributed by atoms with van der Waals surface area (Å²) in [6, 6.07) is 0.433. The Morgan fingerprint density at radius 2 is 2.00 bits per heavy atom. The second-order valence-electron chi connectivity index (χ2n) is 3.80. The lowest BCUT2D eigenvalue weighted by Crippen LogP contribution is -2.28. The van der Waals surface area contributed by atoms with E-state index in [0.29, 0.717) is 19.3 Å². The van der Waals surface area contributed by atoms with Crippen LogP contribution in [0.1, 0.15) is 27.2 Å². The molecule has 0 aromatic carbocycles. The van der Waals surface area contributed by atoms with Crippen LogP contribution in [-0.2, 0) is 9.47 Å². The number of allylic oxidation sites excluding steroid dienone is 1. The summed E-state index contributed by atoms with van der Waals surface area (Å²) in [5, 5.41) is 3.42. The predicted octanol–water partition coefficient (Wildman–Crippen LogP) is 1.98. The average molecular weight is 215 g/mol. The molecule has 0 heterocycles. The highest BCUT2D eigenvalue weighted by Crippen LogP contribution is 2.00. The Labute approximate surface area is 93.8 Å². The summed E-state index contributed by atoms with van der Waals surface area (Å²) in [5.41, 5.74) is 1.35. The fraction of sp³-hybridized carbons (Fsp3) is 0.833. The van der Waals surface area contributed by atoms with Gasteiger partial charge in [-0.15, -0.1) is 0 Å². The quantitative estimate of drug-likeness (QED) is 0.471. The summed E-state index contributed by atoms with van der Waals surface area (Å²) in [6.07, 6.45) is 3.27. The van der Waals surface area contributed by atoms with Gasteiger partial charge in [-0.2, -0.15) is 0 Å². The first kappa shape index (κ1) is 14.6. The molecule has 1 N–H and O–H groups in total. The molecular weight excluding hydrogens is 190 g/mol. The number of methoxy groups -OCH3 is 1. The van der Waals surface area contributed by atoms with Gasteiger partial charge in [-0.3, -0.25) is 0 Å². The average Bonchev–Trinajstić information content (AvgIpc) is 2.17. The lowest BCUT2D eigenvalue weighted by atomic mass is 10.1. The van der Waals surface area contributed by atoms with E-state index in [-0.39, 0.29) is 0 Å². The van der Waals surface area contributed by atoms with Crippen LogP contribution in [0.4, 0.5) is 0 Å². The Bertz CT molecular complexity index is 165. The van der Waals surface area contributed by atoms with Crippen LogP contribution < -0.4 is 5.32 Å². The molecule has 90 valence electrons. The highest BCUT2D eigenvalue weighted by Gasteiger charge is 2.02. The van der Waals surface area contributed by atoms with Gasteiger partial charge in [0.2, 0.25) is 0 Å². The number of ether oxygens (including phenoxy) is 2. The largest absolute Gasteiger partial charge is 0.382 e. The van der Waals surface area contributed by atoms with Crippen molar-refractivity contribution in [2.45, 2.75) is 33.2 Å². The molecule has 0 saturated heterocycles. The smallest absolute Gasteiger partial charge is 0.0700 e. The van der Waals surface area contributed by atoms with Crippen LogP contribution in [0.2, 0.25) is 0 Å². The van der Waals surface area contributed by atoms with Gasteiger partial charge in [-0.25, -0.2) is 0 Å². The molecule has 3 nitrogen and oxygen atoms in total. The minimum absolute atomic E-state index is 0.433. The van der Waals surface area contributed by atoms with Crippen LogP contribution in [0.5, 0.6) is 0 Å². The third-order valence-corrected chi connectivity index (χ3v) is 2.01. The fourth-order valence-electron chi connectivity index (χ4n) is 1.36. The van der Waals surface area contributed by atoms with Crippen LogP contribution in [0.15, 0.2) is 11.6 Å². The summed E-state index contributed by atoms with van der Waals surface area (Å²) >= 11 is 0. The maximum Gasteiger partial charge on any atom is 0.0700 e. The standard InChI is InChI=1S/C12H25NO2/c1-5-13-12(10-11(2)3)6-7-15-9-8-14-4/h10,12-13H,5-9H2,1-4H3. The zero-order valence-corrected chi connectivity index (χ0v) is 10.5. The van der Waals surface area contributed by atoms with Crippen molar-refractivity contribution in [3.8, 4) is 0 Å². The van der Waals surface area contributed by atoms with Gasteiger partial charge >= 0.3 is 0 Å². The van der Waals surface area contributed by atoms with Crippen LogP contribution in [-0.4, -0.2) is 39.5 Å². The molecule has 3 heteroatoms. The van der Waals surface area contributed by atoms with Gasteiger partial charge in [0, 0.05) is 19.8 Å². The monoisotopic (exact) mass is 215 g/mol. The zero-order chi connectivity index (χ0) is 11.5. The first-order chi connectivity index (χ1) is 7.20. The number of nitrogens with one attached hydrogen (secondary N) is 1. The number of hydrogen-bond donors (Lipinski definition) is 1. The van der Waals surface area contributed by atoms with E-state index in [1.807, 2.05) is 0 Å². The lowest BCUT2D eigenvalue weighted by Gasteiger charge is -2.14. The molecule has 0 aliphatic heterocycles. The molecule has 15 heavy (non-hydrogen) atoms. The van der Waals surface area contributed by atoms with Crippen LogP contribution in [0, 0.1) is 0 Å². The van der Waals surface area contributed by atoms with Crippen molar-refractivity contribution in [1.29, 1.82) is 0 Å². The maximum atomic E-state index is 5.44. The summed E-state index contributed by atoms with van der Waals surface area (Å²) < 4.78 is 10.3. The Hall–Kier alpha value is -0.380. The fourth-order valence-corrected chi connectivity index (χ4v) is 1.36. The van der Waals surface area contributed by atoms with E-state index in [0.717, 1.165) is 19.6 Å². The molecule has 0 aliphatic rings. The molecule has 0 bridgehead atoms. The molecule has 0 amide bonds. The summed E-state index contributed by atoms with van der Waals surface area (Å²) in [5.74, 6) is 0. The normalized spacial score (nSPS) is 12.5. The first-order valence-corrected chi connectivity index (χ1v) is 5.65. The van der Waals surface area contributed by atoms with Crippen molar-refractivity contribution < 1.29 is 9.47 Å². The van der Waals surface area contributed by atoms with E-state index in [2.05, 4.69) is 32.2 Å². The Morgan fingerprint density at radius 1 is 1.27 bits per heavy atom. The molecule has 0 spiro atoms. The van der Waals surface area contributed by atoms with Crippen molar-refractivity contribution >= 4 is 0 Å². The van der Waals surface area contributed by atoms with Crippen LogP contribution in [0.25, 0.3) is 0 Å². The Kier molecular flexibility index (Phi) is 9.89. The van der Waals surface area contributed by atoms with Gasteiger partial charge in [0.25, 0.3) is 0 Å². The van der Waals surface area contributed by atoms with Crippen molar-refractivity contribution in [1.82, 2.24) is 5.32 Å². The van der Waals surface area contributed by atoms with Gasteiger partial charge in [0.15, 0.2) is 0 Å². The second-order valence-corrected chi connectivity index (χ2v) is 3.80. The second kappa shape index (κ2) is 10.1. The van der Waals surface area contributed by atoms with E-state index < -0.39 is 0 Å². The third kappa shape index (κ3) is 9.91. The molecule has 0 saturated carbocycles. The van der Waals surface area contributed by atoms with Gasteiger partial charge < -0.3 is 14.8 Å². The Balaban J connectivity index is 3.62. The van der Waals surface area contributed by atoms with Gasteiger partial charge in [-0.05, 0) is 26.8 Å². The van der Waals surface area contributed by atoms with Gasteiger partial charge in [0.1, 0.15) is 0 Å². The molecule has 0 fully saturated rings. The minimum atomic E-state index is 0.433. The lowest BCUT2D eigenvalue weighted by molar-refractivity contribution is 0.0674. The molecular formula is C12H25NO2. The van der Waals surface area contributed by atoms with Crippen LogP contribution in [0.3, 0.4) is 0 Å². The number of hydrogen-bond acceptors (Lipinski definition) is 3. The molecule has 0 aliphatic carbocycles. The van der Waals surface area contributed by atoms with E-state index >= 15 is 0 Å².